The lowest BCUT2D eigenvalue weighted by molar-refractivity contribution is -0.255. The van der Waals surface area contributed by atoms with Gasteiger partial charge in [-0.2, -0.15) is 0 Å². The number of carbonyl (C=O) groups is 1. The third-order valence-corrected chi connectivity index (χ3v) is 12.2. The first-order valence-corrected chi connectivity index (χ1v) is 14.9. The van der Waals surface area contributed by atoms with Crippen molar-refractivity contribution in [3.63, 3.8) is 0 Å². The van der Waals surface area contributed by atoms with Gasteiger partial charge in [-0.25, -0.2) is 0 Å². The van der Waals surface area contributed by atoms with Crippen LogP contribution in [0.3, 0.4) is 0 Å². The molecule has 0 aromatic rings. The van der Waals surface area contributed by atoms with E-state index < -0.39 is 5.79 Å². The molecule has 0 unspecified atom stereocenters. The molecule has 0 amide bonds. The van der Waals surface area contributed by atoms with Crippen molar-refractivity contribution >= 4 is 5.78 Å². The Hall–Kier alpha value is -0.410. The molecule has 5 aliphatic rings. The smallest absolute Gasteiger partial charge is 0.178 e. The second kappa shape index (κ2) is 9.16. The number of carbonyl (C=O) groups excluding carboxylic acids is 1. The van der Waals surface area contributed by atoms with Crippen molar-refractivity contribution in [2.24, 2.45) is 58.2 Å². The van der Waals surface area contributed by atoms with E-state index >= 15 is 0 Å². The molecule has 0 aromatic heterocycles. The summed E-state index contributed by atoms with van der Waals surface area (Å²) in [5.41, 5.74) is 0.803. The second-order valence-electron chi connectivity index (χ2n) is 14.3. The summed E-state index contributed by atoms with van der Waals surface area (Å²) in [4.78, 5) is 12.9. The lowest BCUT2D eigenvalue weighted by atomic mass is 9.43. The highest BCUT2D eigenvalue weighted by Crippen LogP contribution is 2.69. The highest BCUT2D eigenvalue weighted by Gasteiger charge is 2.65. The third kappa shape index (κ3) is 3.94. The Morgan fingerprint density at radius 3 is 2.26 bits per heavy atom. The number of Topliss-reactive ketones (excluding diaryl/α,β-unsaturated/α-hetero) is 1. The fraction of sp³-hybridized carbons (Fsp3) is 0.968. The lowest BCUT2D eigenvalue weighted by Gasteiger charge is -2.63. The maximum atomic E-state index is 12.9. The summed E-state index contributed by atoms with van der Waals surface area (Å²) >= 11 is 0. The molecule has 1 spiro atoms. The summed E-state index contributed by atoms with van der Waals surface area (Å²) < 4.78 is 12.4. The zero-order valence-corrected chi connectivity index (χ0v) is 23.0. The van der Waals surface area contributed by atoms with Crippen molar-refractivity contribution in [2.75, 3.05) is 13.2 Å². The summed E-state index contributed by atoms with van der Waals surface area (Å²) in [5.74, 6) is 5.36. The first kappa shape index (κ1) is 25.2. The minimum Gasteiger partial charge on any atom is -0.347 e. The molecule has 5 fully saturated rings. The number of rotatable bonds is 6. The predicted molar refractivity (Wildman–Crippen MR) is 137 cm³/mol. The number of hydrogen-bond acceptors (Lipinski definition) is 3. The zero-order valence-electron chi connectivity index (χ0n) is 23.0. The molecule has 0 bridgehead atoms. The lowest BCUT2D eigenvalue weighted by Crippen LogP contribution is -2.60. The highest BCUT2D eigenvalue weighted by atomic mass is 16.7. The average Bonchev–Trinajstić information content (AvgIpc) is 3.38. The van der Waals surface area contributed by atoms with Crippen molar-refractivity contribution in [3.8, 4) is 0 Å². The Balaban J connectivity index is 1.33. The van der Waals surface area contributed by atoms with Crippen LogP contribution in [0.15, 0.2) is 0 Å². The van der Waals surface area contributed by atoms with E-state index in [1.165, 1.54) is 57.8 Å². The summed E-state index contributed by atoms with van der Waals surface area (Å²) in [7, 11) is 0. The van der Waals surface area contributed by atoms with Gasteiger partial charge in [0.1, 0.15) is 5.78 Å². The van der Waals surface area contributed by atoms with Crippen LogP contribution in [0.1, 0.15) is 112 Å². The van der Waals surface area contributed by atoms with Gasteiger partial charge in [-0.3, -0.25) is 4.79 Å². The maximum Gasteiger partial charge on any atom is 0.178 e. The summed E-state index contributed by atoms with van der Waals surface area (Å²) in [6, 6.07) is 0. The normalized spacial score (nSPS) is 46.2. The van der Waals surface area contributed by atoms with E-state index in [1.807, 2.05) is 0 Å². The molecule has 194 valence electrons. The third-order valence-electron chi connectivity index (χ3n) is 12.2. The molecule has 34 heavy (non-hydrogen) atoms. The second-order valence-corrected chi connectivity index (χ2v) is 14.3. The zero-order chi connectivity index (χ0) is 24.3. The van der Waals surface area contributed by atoms with Crippen LogP contribution in [0, 0.1) is 58.2 Å². The Kier molecular flexibility index (Phi) is 6.80. The molecule has 0 radical (unpaired) electrons. The van der Waals surface area contributed by atoms with E-state index in [9.17, 15) is 4.79 Å². The van der Waals surface area contributed by atoms with Crippen LogP contribution in [0.4, 0.5) is 0 Å². The minimum absolute atomic E-state index is 0.0828. The van der Waals surface area contributed by atoms with Crippen LogP contribution in [-0.4, -0.2) is 24.8 Å². The van der Waals surface area contributed by atoms with E-state index in [0.29, 0.717) is 24.5 Å². The Bertz CT molecular complexity index is 754. The van der Waals surface area contributed by atoms with Gasteiger partial charge in [-0.1, -0.05) is 53.9 Å². The standard InChI is InChI=1S/C31H52O3/c1-20(2)8-7-9-21(3)25-12-13-26-24-11-10-23-18-31(33-16-17-34-31)28(22(4)32)19-30(23,6)27(24)14-15-29(25,26)5/h20-21,23-28H,7-19H2,1-6H3/t21-,23-,24+,25-,26+,27+,28+,29+,30-/m0/s1. The first-order valence-electron chi connectivity index (χ1n) is 14.9. The van der Waals surface area contributed by atoms with Gasteiger partial charge < -0.3 is 9.47 Å². The van der Waals surface area contributed by atoms with Crippen LogP contribution < -0.4 is 0 Å². The van der Waals surface area contributed by atoms with Crippen LogP contribution in [0.5, 0.6) is 0 Å². The van der Waals surface area contributed by atoms with Gasteiger partial charge in [0.25, 0.3) is 0 Å². The molecule has 3 heteroatoms. The van der Waals surface area contributed by atoms with Crippen molar-refractivity contribution < 1.29 is 14.3 Å². The summed E-state index contributed by atoms with van der Waals surface area (Å²) in [6.07, 6.45) is 14.5. The highest BCUT2D eigenvalue weighted by molar-refractivity contribution is 5.79. The maximum absolute atomic E-state index is 12.9. The van der Waals surface area contributed by atoms with Crippen LogP contribution >= 0.6 is 0 Å². The molecule has 0 aromatic carbocycles. The Morgan fingerprint density at radius 1 is 0.882 bits per heavy atom. The number of hydrogen-bond donors (Lipinski definition) is 0. The number of fused-ring (bicyclic) bond motifs is 5. The predicted octanol–water partition coefficient (Wildman–Crippen LogP) is 7.67. The van der Waals surface area contributed by atoms with Crippen molar-refractivity contribution in [3.05, 3.63) is 0 Å². The van der Waals surface area contributed by atoms with E-state index in [4.69, 9.17) is 9.47 Å². The summed E-state index contributed by atoms with van der Waals surface area (Å²) in [5, 5.41) is 0. The van der Waals surface area contributed by atoms with Gasteiger partial charge in [-0.05, 0) is 104 Å². The fourth-order valence-corrected chi connectivity index (χ4v) is 10.5. The van der Waals surface area contributed by atoms with Gasteiger partial charge in [-0.15, -0.1) is 0 Å². The van der Waals surface area contributed by atoms with Crippen LogP contribution in [-0.2, 0) is 14.3 Å². The minimum atomic E-state index is -0.615. The van der Waals surface area contributed by atoms with Gasteiger partial charge in [0.05, 0.1) is 19.1 Å². The molecule has 4 aliphatic carbocycles. The molecule has 1 aliphatic heterocycles. The molecule has 0 N–H and O–H groups in total. The molecule has 1 heterocycles. The molecule has 4 saturated carbocycles. The van der Waals surface area contributed by atoms with Gasteiger partial charge in [0.15, 0.2) is 5.79 Å². The van der Waals surface area contributed by atoms with E-state index in [0.717, 1.165) is 48.3 Å². The van der Waals surface area contributed by atoms with Crippen molar-refractivity contribution in [2.45, 2.75) is 118 Å². The van der Waals surface area contributed by atoms with Crippen LogP contribution in [0.2, 0.25) is 0 Å². The molecule has 5 rings (SSSR count). The summed E-state index contributed by atoms with van der Waals surface area (Å²) in [6.45, 7) is 15.6. The van der Waals surface area contributed by atoms with Gasteiger partial charge in [0, 0.05) is 6.42 Å². The fourth-order valence-electron chi connectivity index (χ4n) is 10.5. The number of ether oxygens (including phenoxy) is 2. The monoisotopic (exact) mass is 472 g/mol. The molecular formula is C31H52O3. The topological polar surface area (TPSA) is 35.5 Å². The van der Waals surface area contributed by atoms with Gasteiger partial charge in [0.2, 0.25) is 0 Å². The largest absolute Gasteiger partial charge is 0.347 e. The molecular weight excluding hydrogens is 420 g/mol. The number of ketones is 1. The first-order chi connectivity index (χ1) is 16.1. The Labute approximate surface area is 209 Å². The van der Waals surface area contributed by atoms with E-state index in [1.54, 1.807) is 6.92 Å². The molecule has 9 atom stereocenters. The quantitative estimate of drug-likeness (QED) is 0.398. The average molecular weight is 473 g/mol. The molecule has 3 nitrogen and oxygen atoms in total. The van der Waals surface area contributed by atoms with Crippen molar-refractivity contribution in [1.82, 2.24) is 0 Å². The van der Waals surface area contributed by atoms with E-state index in [-0.39, 0.29) is 17.1 Å². The van der Waals surface area contributed by atoms with Crippen molar-refractivity contribution in [1.29, 1.82) is 0 Å². The Morgan fingerprint density at radius 2 is 1.59 bits per heavy atom. The van der Waals surface area contributed by atoms with Crippen LogP contribution in [0.25, 0.3) is 0 Å². The van der Waals surface area contributed by atoms with Gasteiger partial charge >= 0.3 is 0 Å². The van der Waals surface area contributed by atoms with E-state index in [2.05, 4.69) is 34.6 Å². The molecule has 1 saturated heterocycles. The SMILES string of the molecule is CC(=O)[C@H]1C[C@@]2(C)[C@@H](CC[C@H]3[C@H]2CC[C@@]2(C)[C@@H]3CC[C@H]2[C@@H](C)CCCC(C)C)CC12OCCO2.